The van der Waals surface area contributed by atoms with Crippen molar-refractivity contribution in [2.24, 2.45) is 5.73 Å². The van der Waals surface area contributed by atoms with Crippen LogP contribution in [0.4, 0.5) is 8.78 Å². The zero-order valence-corrected chi connectivity index (χ0v) is 10.6. The maximum absolute atomic E-state index is 13.2. The van der Waals surface area contributed by atoms with Crippen molar-refractivity contribution in [3.63, 3.8) is 0 Å². The first-order valence-corrected chi connectivity index (χ1v) is 6.01. The summed E-state index contributed by atoms with van der Waals surface area (Å²) in [7, 11) is 0. The first-order valence-electron chi connectivity index (χ1n) is 6.01. The van der Waals surface area contributed by atoms with E-state index in [-0.39, 0.29) is 0 Å². The first-order chi connectivity index (χ1) is 9.11. The van der Waals surface area contributed by atoms with E-state index in [1.165, 1.54) is 6.07 Å². The van der Waals surface area contributed by atoms with Crippen molar-refractivity contribution in [1.82, 2.24) is 0 Å². The highest BCUT2D eigenvalue weighted by Gasteiger charge is 2.06. The second kappa shape index (κ2) is 5.80. The molecule has 19 heavy (non-hydrogen) atoms. The summed E-state index contributed by atoms with van der Waals surface area (Å²) in [5, 5.41) is 0. The maximum Gasteiger partial charge on any atom is 0.159 e. The molecule has 0 saturated heterocycles. The fourth-order valence-corrected chi connectivity index (χ4v) is 1.84. The van der Waals surface area contributed by atoms with Crippen molar-refractivity contribution in [1.29, 1.82) is 0 Å². The molecular weight excluding hydrogens is 248 g/mol. The van der Waals surface area contributed by atoms with Crippen molar-refractivity contribution in [3.8, 4) is 16.9 Å². The smallest absolute Gasteiger partial charge is 0.159 e. The van der Waals surface area contributed by atoms with Crippen LogP contribution in [0.3, 0.4) is 0 Å². The molecule has 0 aliphatic carbocycles. The van der Waals surface area contributed by atoms with Gasteiger partial charge in [0.1, 0.15) is 12.4 Å². The van der Waals surface area contributed by atoms with Crippen LogP contribution in [0.5, 0.6) is 5.75 Å². The van der Waals surface area contributed by atoms with Crippen LogP contribution in [0.15, 0.2) is 36.4 Å². The highest BCUT2D eigenvalue weighted by Crippen LogP contribution is 2.27. The van der Waals surface area contributed by atoms with Gasteiger partial charge in [0.15, 0.2) is 11.6 Å². The second-order valence-corrected chi connectivity index (χ2v) is 4.25. The second-order valence-electron chi connectivity index (χ2n) is 4.25. The predicted molar refractivity (Wildman–Crippen MR) is 71.1 cm³/mol. The molecular formula is C15H15F2NO. The van der Waals surface area contributed by atoms with Crippen molar-refractivity contribution in [3.05, 3.63) is 53.6 Å². The Morgan fingerprint density at radius 1 is 1.00 bits per heavy atom. The summed E-state index contributed by atoms with van der Waals surface area (Å²) in [6, 6.07) is 9.35. The Morgan fingerprint density at radius 2 is 1.68 bits per heavy atom. The molecule has 0 spiro atoms. The van der Waals surface area contributed by atoms with Gasteiger partial charge in [0.2, 0.25) is 0 Å². The normalized spacial score (nSPS) is 10.5. The fourth-order valence-electron chi connectivity index (χ4n) is 1.84. The summed E-state index contributed by atoms with van der Waals surface area (Å²) in [4.78, 5) is 0. The number of ether oxygens (including phenoxy) is 1. The van der Waals surface area contributed by atoms with E-state index in [0.717, 1.165) is 22.9 Å². The standard InChI is InChI=1S/C15H15F2NO/c1-10-8-11(3-5-15(10)19-7-6-18)12-2-4-13(16)14(17)9-12/h2-5,8-9H,6-7,18H2,1H3. The van der Waals surface area contributed by atoms with E-state index in [0.29, 0.717) is 18.7 Å². The molecule has 0 heterocycles. The summed E-state index contributed by atoms with van der Waals surface area (Å²) in [6.45, 7) is 2.80. The van der Waals surface area contributed by atoms with Gasteiger partial charge in [-0.3, -0.25) is 0 Å². The summed E-state index contributed by atoms with van der Waals surface area (Å²) in [5.41, 5.74) is 7.75. The molecule has 2 aromatic carbocycles. The Kier molecular flexibility index (Phi) is 4.12. The van der Waals surface area contributed by atoms with Gasteiger partial charge in [-0.15, -0.1) is 0 Å². The number of aryl methyl sites for hydroxylation is 1. The Balaban J connectivity index is 2.30. The zero-order chi connectivity index (χ0) is 13.8. The number of hydrogen-bond donors (Lipinski definition) is 1. The van der Waals surface area contributed by atoms with Crippen LogP contribution in [0, 0.1) is 18.6 Å². The fraction of sp³-hybridized carbons (Fsp3) is 0.200. The molecule has 2 rings (SSSR count). The maximum atomic E-state index is 13.2. The number of halogens is 2. The topological polar surface area (TPSA) is 35.2 Å². The monoisotopic (exact) mass is 263 g/mol. The van der Waals surface area contributed by atoms with Crippen LogP contribution in [0.1, 0.15) is 5.56 Å². The van der Waals surface area contributed by atoms with E-state index in [1.807, 2.05) is 25.1 Å². The molecule has 0 saturated carbocycles. The third-order valence-corrected chi connectivity index (χ3v) is 2.80. The third-order valence-electron chi connectivity index (χ3n) is 2.80. The van der Waals surface area contributed by atoms with Crippen molar-refractivity contribution >= 4 is 0 Å². The van der Waals surface area contributed by atoms with Crippen LogP contribution in [0.2, 0.25) is 0 Å². The number of hydrogen-bond acceptors (Lipinski definition) is 2. The van der Waals surface area contributed by atoms with Crippen molar-refractivity contribution in [2.75, 3.05) is 13.2 Å². The lowest BCUT2D eigenvalue weighted by molar-refractivity contribution is 0.326. The molecule has 0 atom stereocenters. The third kappa shape index (κ3) is 3.09. The minimum atomic E-state index is -0.849. The molecule has 4 heteroatoms. The van der Waals surface area contributed by atoms with Gasteiger partial charge in [0.05, 0.1) is 0 Å². The lowest BCUT2D eigenvalue weighted by Gasteiger charge is -2.10. The largest absolute Gasteiger partial charge is 0.492 e. The van der Waals surface area contributed by atoms with Crippen LogP contribution in [0.25, 0.3) is 11.1 Å². The van der Waals surface area contributed by atoms with Crippen LogP contribution in [-0.4, -0.2) is 13.2 Å². The molecule has 2 aromatic rings. The molecule has 0 aliphatic heterocycles. The molecule has 100 valence electrons. The van der Waals surface area contributed by atoms with E-state index in [4.69, 9.17) is 10.5 Å². The van der Waals surface area contributed by atoms with Gasteiger partial charge >= 0.3 is 0 Å². The summed E-state index contributed by atoms with van der Waals surface area (Å²) >= 11 is 0. The Bertz CT molecular complexity index is 584. The van der Waals surface area contributed by atoms with Gasteiger partial charge < -0.3 is 10.5 Å². The average molecular weight is 263 g/mol. The average Bonchev–Trinajstić information content (AvgIpc) is 2.40. The Morgan fingerprint density at radius 3 is 2.32 bits per heavy atom. The van der Waals surface area contributed by atoms with Gasteiger partial charge in [0.25, 0.3) is 0 Å². The lowest BCUT2D eigenvalue weighted by Crippen LogP contribution is -2.11. The Labute approximate surface area is 110 Å². The number of benzene rings is 2. The van der Waals surface area contributed by atoms with Gasteiger partial charge in [0, 0.05) is 6.54 Å². The number of rotatable bonds is 4. The first kappa shape index (κ1) is 13.5. The van der Waals surface area contributed by atoms with E-state index >= 15 is 0 Å². The SMILES string of the molecule is Cc1cc(-c2ccc(F)c(F)c2)ccc1OCCN. The zero-order valence-electron chi connectivity index (χ0n) is 10.6. The van der Waals surface area contributed by atoms with Gasteiger partial charge in [-0.2, -0.15) is 0 Å². The van der Waals surface area contributed by atoms with Crippen molar-refractivity contribution < 1.29 is 13.5 Å². The molecule has 0 unspecified atom stereocenters. The molecule has 2 N–H and O–H groups in total. The molecule has 0 radical (unpaired) electrons. The molecule has 0 fully saturated rings. The van der Waals surface area contributed by atoms with E-state index < -0.39 is 11.6 Å². The summed E-state index contributed by atoms with van der Waals surface area (Å²) < 4.78 is 31.5. The van der Waals surface area contributed by atoms with Gasteiger partial charge in [-0.1, -0.05) is 12.1 Å². The molecule has 2 nitrogen and oxygen atoms in total. The van der Waals surface area contributed by atoms with E-state index in [2.05, 4.69) is 0 Å². The highest BCUT2D eigenvalue weighted by atomic mass is 19.2. The predicted octanol–water partition coefficient (Wildman–Crippen LogP) is 3.28. The molecule has 0 amide bonds. The minimum absolute atomic E-state index is 0.449. The number of nitrogens with two attached hydrogens (primary N) is 1. The van der Waals surface area contributed by atoms with E-state index in [1.54, 1.807) is 6.07 Å². The summed E-state index contributed by atoms with van der Waals surface area (Å²) in [6.07, 6.45) is 0. The quantitative estimate of drug-likeness (QED) is 0.918. The highest BCUT2D eigenvalue weighted by molar-refractivity contribution is 5.65. The molecule has 0 aromatic heterocycles. The lowest BCUT2D eigenvalue weighted by atomic mass is 10.0. The molecule has 0 bridgehead atoms. The molecule has 0 aliphatic rings. The minimum Gasteiger partial charge on any atom is -0.492 e. The van der Waals surface area contributed by atoms with Crippen molar-refractivity contribution in [2.45, 2.75) is 6.92 Å². The van der Waals surface area contributed by atoms with Crippen LogP contribution >= 0.6 is 0 Å². The van der Waals surface area contributed by atoms with Crippen LogP contribution in [-0.2, 0) is 0 Å². The van der Waals surface area contributed by atoms with Gasteiger partial charge in [-0.05, 0) is 47.9 Å². The van der Waals surface area contributed by atoms with Gasteiger partial charge in [-0.25, -0.2) is 8.78 Å². The Hall–Kier alpha value is -1.94. The van der Waals surface area contributed by atoms with E-state index in [9.17, 15) is 8.78 Å². The summed E-state index contributed by atoms with van der Waals surface area (Å²) in [5.74, 6) is -0.946. The van der Waals surface area contributed by atoms with Crippen LogP contribution < -0.4 is 10.5 Å².